The highest BCUT2D eigenvalue weighted by Gasteiger charge is 2.46. The van der Waals surface area contributed by atoms with Crippen LogP contribution in [0, 0.1) is 0 Å². The second kappa shape index (κ2) is 4.53. The lowest BCUT2D eigenvalue weighted by Gasteiger charge is -2.33. The molecule has 0 aromatic carbocycles. The van der Waals surface area contributed by atoms with Gasteiger partial charge in [-0.25, -0.2) is 0 Å². The van der Waals surface area contributed by atoms with Gasteiger partial charge in [0.25, 0.3) is 0 Å². The van der Waals surface area contributed by atoms with E-state index in [1.54, 1.807) is 0 Å². The molecule has 100 valence electrons. The van der Waals surface area contributed by atoms with Crippen molar-refractivity contribution in [1.82, 2.24) is 10.2 Å². The zero-order valence-electron chi connectivity index (χ0n) is 10.7. The summed E-state index contributed by atoms with van der Waals surface area (Å²) in [4.78, 5) is 25.9. The van der Waals surface area contributed by atoms with Crippen LogP contribution >= 0.6 is 0 Å². The minimum absolute atomic E-state index is 0.0122. The van der Waals surface area contributed by atoms with Gasteiger partial charge in [-0.2, -0.15) is 0 Å². The fourth-order valence-corrected chi connectivity index (χ4v) is 3.41. The van der Waals surface area contributed by atoms with E-state index < -0.39 is 0 Å². The number of nitrogens with one attached hydrogen (secondary N) is 1. The van der Waals surface area contributed by atoms with E-state index in [0.717, 1.165) is 19.3 Å². The molecule has 3 rings (SSSR count). The molecule has 3 fully saturated rings. The second-order valence-corrected chi connectivity index (χ2v) is 5.49. The summed E-state index contributed by atoms with van der Waals surface area (Å²) < 4.78 is 5.82. The first-order valence-electron chi connectivity index (χ1n) is 6.94. The van der Waals surface area contributed by atoms with Crippen LogP contribution in [0.2, 0.25) is 0 Å². The highest BCUT2D eigenvalue weighted by Crippen LogP contribution is 2.37. The van der Waals surface area contributed by atoms with Crippen LogP contribution in [-0.2, 0) is 14.3 Å². The van der Waals surface area contributed by atoms with Crippen LogP contribution in [0.1, 0.15) is 39.0 Å². The Morgan fingerprint density at radius 2 is 2.22 bits per heavy atom. The van der Waals surface area contributed by atoms with E-state index in [1.165, 1.54) is 0 Å². The smallest absolute Gasteiger partial charge is 0.245 e. The van der Waals surface area contributed by atoms with Crippen LogP contribution in [-0.4, -0.2) is 47.6 Å². The molecule has 0 aromatic heterocycles. The van der Waals surface area contributed by atoms with Gasteiger partial charge in [-0.3, -0.25) is 9.59 Å². The second-order valence-electron chi connectivity index (χ2n) is 5.49. The van der Waals surface area contributed by atoms with Crippen molar-refractivity contribution >= 4 is 11.8 Å². The topological polar surface area (TPSA) is 58.6 Å². The van der Waals surface area contributed by atoms with Crippen molar-refractivity contribution in [2.45, 2.75) is 63.3 Å². The first-order valence-corrected chi connectivity index (χ1v) is 6.94. The van der Waals surface area contributed by atoms with E-state index in [4.69, 9.17) is 4.74 Å². The number of rotatable bonds is 2. The van der Waals surface area contributed by atoms with Gasteiger partial charge in [-0.1, -0.05) is 6.92 Å². The quantitative estimate of drug-likeness (QED) is 0.775. The number of fused-ring (bicyclic) bond motifs is 2. The van der Waals surface area contributed by atoms with E-state index in [-0.39, 0.29) is 30.0 Å². The number of nitrogens with zero attached hydrogens (tertiary/aromatic N) is 1. The summed E-state index contributed by atoms with van der Waals surface area (Å²) in [5.41, 5.74) is 0. The number of carbonyl (C=O) groups excluding carboxylic acids is 2. The molecule has 5 nitrogen and oxygen atoms in total. The summed E-state index contributed by atoms with van der Waals surface area (Å²) in [5, 5.41) is 2.80. The zero-order valence-corrected chi connectivity index (χ0v) is 10.7. The molecule has 4 unspecified atom stereocenters. The number of hydrogen-bond acceptors (Lipinski definition) is 3. The summed E-state index contributed by atoms with van der Waals surface area (Å²) >= 11 is 0. The minimum atomic E-state index is -0.348. The van der Waals surface area contributed by atoms with Gasteiger partial charge >= 0.3 is 0 Å². The molecule has 5 heteroatoms. The summed E-state index contributed by atoms with van der Waals surface area (Å²) in [5.74, 6) is 0.0614. The van der Waals surface area contributed by atoms with Gasteiger partial charge in [0, 0.05) is 13.0 Å². The van der Waals surface area contributed by atoms with E-state index >= 15 is 0 Å². The lowest BCUT2D eigenvalue weighted by atomic mass is 9.93. The Labute approximate surface area is 107 Å². The molecular formula is C13H20N2O3. The Kier molecular flexibility index (Phi) is 3.01. The van der Waals surface area contributed by atoms with Gasteiger partial charge in [0.15, 0.2) is 0 Å². The third-order valence-electron chi connectivity index (χ3n) is 4.38. The van der Waals surface area contributed by atoms with Crippen LogP contribution < -0.4 is 5.32 Å². The summed E-state index contributed by atoms with van der Waals surface area (Å²) in [7, 11) is 0. The number of carbonyl (C=O) groups is 2. The minimum Gasteiger partial charge on any atom is -0.373 e. The molecule has 0 radical (unpaired) electrons. The standard InChI is InChI=1S/C13H20N2O3/c1-2-9-13(17)15(6-5-12(16)14-9)10-7-8-3-4-11(10)18-8/h8-11H,2-7H2,1H3,(H,14,16). The van der Waals surface area contributed by atoms with Crippen molar-refractivity contribution in [3.63, 3.8) is 0 Å². The maximum absolute atomic E-state index is 12.4. The van der Waals surface area contributed by atoms with Gasteiger partial charge in [-0.05, 0) is 25.7 Å². The Balaban J connectivity index is 1.77. The van der Waals surface area contributed by atoms with Gasteiger partial charge in [0.1, 0.15) is 6.04 Å². The predicted octanol–water partition coefficient (Wildman–Crippen LogP) is 0.433. The molecule has 3 aliphatic heterocycles. The molecule has 1 N–H and O–H groups in total. The van der Waals surface area contributed by atoms with Gasteiger partial charge in [0.2, 0.25) is 11.8 Å². The maximum Gasteiger partial charge on any atom is 0.245 e. The van der Waals surface area contributed by atoms with Crippen molar-refractivity contribution in [2.24, 2.45) is 0 Å². The fraction of sp³-hybridized carbons (Fsp3) is 0.846. The molecule has 2 bridgehead atoms. The predicted molar refractivity (Wildman–Crippen MR) is 64.9 cm³/mol. The van der Waals surface area contributed by atoms with Crippen LogP contribution in [0.25, 0.3) is 0 Å². The molecule has 2 amide bonds. The van der Waals surface area contributed by atoms with E-state index in [9.17, 15) is 9.59 Å². The Morgan fingerprint density at radius 3 is 2.83 bits per heavy atom. The molecule has 4 atom stereocenters. The molecule has 18 heavy (non-hydrogen) atoms. The normalized spacial score (nSPS) is 39.9. The highest BCUT2D eigenvalue weighted by molar-refractivity contribution is 5.90. The van der Waals surface area contributed by atoms with Crippen molar-refractivity contribution in [3.05, 3.63) is 0 Å². The van der Waals surface area contributed by atoms with Crippen molar-refractivity contribution in [1.29, 1.82) is 0 Å². The van der Waals surface area contributed by atoms with Gasteiger partial charge in [-0.15, -0.1) is 0 Å². The molecule has 0 aromatic rings. The summed E-state index contributed by atoms with van der Waals surface area (Å²) in [6.45, 7) is 2.47. The van der Waals surface area contributed by atoms with Crippen LogP contribution in [0.5, 0.6) is 0 Å². The molecule has 3 heterocycles. The summed E-state index contributed by atoms with van der Waals surface area (Å²) in [6, 6.07) is -0.155. The van der Waals surface area contributed by atoms with Crippen LogP contribution in [0.4, 0.5) is 0 Å². The van der Waals surface area contributed by atoms with Crippen molar-refractivity contribution in [3.8, 4) is 0 Å². The van der Waals surface area contributed by atoms with Gasteiger partial charge in [0.05, 0.1) is 18.2 Å². The Morgan fingerprint density at radius 1 is 1.39 bits per heavy atom. The zero-order chi connectivity index (χ0) is 12.7. The Bertz CT molecular complexity index is 371. The monoisotopic (exact) mass is 252 g/mol. The van der Waals surface area contributed by atoms with Gasteiger partial charge < -0.3 is 15.0 Å². The number of hydrogen-bond donors (Lipinski definition) is 1. The van der Waals surface area contributed by atoms with Crippen LogP contribution in [0.3, 0.4) is 0 Å². The Hall–Kier alpha value is -1.10. The van der Waals surface area contributed by atoms with E-state index in [0.29, 0.717) is 25.5 Å². The lowest BCUT2D eigenvalue weighted by molar-refractivity contribution is -0.136. The molecule has 0 saturated carbocycles. The largest absolute Gasteiger partial charge is 0.373 e. The maximum atomic E-state index is 12.4. The first kappa shape index (κ1) is 12.0. The third-order valence-corrected chi connectivity index (χ3v) is 4.38. The summed E-state index contributed by atoms with van der Waals surface area (Å²) in [6.07, 6.45) is 4.72. The average Bonchev–Trinajstić information content (AvgIpc) is 2.94. The fourth-order valence-electron chi connectivity index (χ4n) is 3.41. The van der Waals surface area contributed by atoms with Crippen LogP contribution in [0.15, 0.2) is 0 Å². The average molecular weight is 252 g/mol. The first-order chi connectivity index (χ1) is 8.69. The van der Waals surface area contributed by atoms with Crippen molar-refractivity contribution < 1.29 is 14.3 Å². The lowest BCUT2D eigenvalue weighted by Crippen LogP contribution is -2.51. The van der Waals surface area contributed by atoms with E-state index in [2.05, 4.69) is 5.32 Å². The molecule has 3 aliphatic rings. The number of ether oxygens (including phenoxy) is 1. The van der Waals surface area contributed by atoms with E-state index in [1.807, 2.05) is 11.8 Å². The molecule has 3 saturated heterocycles. The van der Waals surface area contributed by atoms with Crippen molar-refractivity contribution in [2.75, 3.05) is 6.54 Å². The third kappa shape index (κ3) is 1.90. The number of amides is 2. The molecular weight excluding hydrogens is 232 g/mol. The molecule has 0 spiro atoms. The molecule has 0 aliphatic carbocycles. The highest BCUT2D eigenvalue weighted by atomic mass is 16.5. The SMILES string of the molecule is CCC1NC(=O)CCN(C2CC3CCC2O3)C1=O.